The van der Waals surface area contributed by atoms with Gasteiger partial charge in [-0.3, -0.25) is 9.69 Å². The molecule has 1 unspecified atom stereocenters. The van der Waals surface area contributed by atoms with Crippen molar-refractivity contribution in [2.24, 2.45) is 5.92 Å². The second kappa shape index (κ2) is 9.04. The van der Waals surface area contributed by atoms with E-state index in [1.54, 1.807) is 0 Å². The van der Waals surface area contributed by atoms with E-state index in [0.29, 0.717) is 12.6 Å². The third-order valence-corrected chi connectivity index (χ3v) is 4.90. The molecule has 3 atom stereocenters. The highest BCUT2D eigenvalue weighted by Crippen LogP contribution is 2.21. The molecule has 1 aliphatic rings. The lowest BCUT2D eigenvalue weighted by Gasteiger charge is -2.32. The van der Waals surface area contributed by atoms with E-state index < -0.39 is 0 Å². The third kappa shape index (κ3) is 5.05. The molecule has 2 rings (SSSR count). The Bertz CT molecular complexity index is 473. The van der Waals surface area contributed by atoms with Crippen molar-refractivity contribution in [3.8, 4) is 0 Å². The Hall–Kier alpha value is -1.39. The molecule has 2 N–H and O–H groups in total. The Morgan fingerprint density at radius 1 is 1.30 bits per heavy atom. The zero-order valence-corrected chi connectivity index (χ0v) is 14.7. The Morgan fingerprint density at radius 2 is 2.00 bits per heavy atom. The summed E-state index contributed by atoms with van der Waals surface area (Å²) in [4.78, 5) is 14.9. The summed E-state index contributed by atoms with van der Waals surface area (Å²) in [6.45, 7) is 10.1. The number of amides is 1. The van der Waals surface area contributed by atoms with Gasteiger partial charge in [-0.05, 0) is 45.0 Å². The predicted octanol–water partition coefficient (Wildman–Crippen LogP) is 2.57. The lowest BCUT2D eigenvalue weighted by atomic mass is 9.92. The molecule has 1 amide bonds. The summed E-state index contributed by atoms with van der Waals surface area (Å²) in [6.07, 6.45) is 1.88. The van der Waals surface area contributed by atoms with Gasteiger partial charge in [0.2, 0.25) is 5.91 Å². The van der Waals surface area contributed by atoms with E-state index in [4.69, 9.17) is 0 Å². The fourth-order valence-electron chi connectivity index (χ4n) is 3.51. The van der Waals surface area contributed by atoms with Crippen LogP contribution in [-0.2, 0) is 4.79 Å². The molecule has 1 fully saturated rings. The molecule has 0 spiro atoms. The molecule has 0 aliphatic carbocycles. The number of benzene rings is 1. The first-order chi connectivity index (χ1) is 11.2. The Labute approximate surface area is 140 Å². The lowest BCUT2D eigenvalue weighted by Crippen LogP contribution is -2.44. The predicted molar refractivity (Wildman–Crippen MR) is 95.3 cm³/mol. The van der Waals surface area contributed by atoms with E-state index in [-0.39, 0.29) is 17.9 Å². The van der Waals surface area contributed by atoms with Gasteiger partial charge < -0.3 is 10.6 Å². The second-order valence-electron chi connectivity index (χ2n) is 6.47. The summed E-state index contributed by atoms with van der Waals surface area (Å²) in [6, 6.07) is 11.2. The van der Waals surface area contributed by atoms with E-state index in [0.717, 1.165) is 32.5 Å². The van der Waals surface area contributed by atoms with Crippen molar-refractivity contribution in [1.82, 2.24) is 15.5 Å². The summed E-state index contributed by atoms with van der Waals surface area (Å²) < 4.78 is 0. The van der Waals surface area contributed by atoms with Gasteiger partial charge in [0.05, 0.1) is 6.04 Å². The summed E-state index contributed by atoms with van der Waals surface area (Å²) in [7, 11) is 0. The van der Waals surface area contributed by atoms with Gasteiger partial charge in [-0.15, -0.1) is 0 Å². The molecule has 0 radical (unpaired) electrons. The van der Waals surface area contributed by atoms with Crippen molar-refractivity contribution in [2.75, 3.05) is 26.2 Å². The minimum Gasteiger partial charge on any atom is -0.354 e. The normalized spacial score (nSPS) is 22.8. The average molecular weight is 317 g/mol. The number of nitrogens with zero attached hydrogens (tertiary/aromatic N) is 1. The van der Waals surface area contributed by atoms with Crippen molar-refractivity contribution in [3.05, 3.63) is 35.9 Å². The minimum absolute atomic E-state index is 0.152. The van der Waals surface area contributed by atoms with Crippen LogP contribution < -0.4 is 10.6 Å². The van der Waals surface area contributed by atoms with Gasteiger partial charge in [-0.2, -0.15) is 0 Å². The molecule has 0 aromatic heterocycles. The molecule has 0 saturated carbocycles. The number of nitrogens with one attached hydrogen (secondary N) is 2. The molecular weight excluding hydrogens is 286 g/mol. The number of piperidine rings is 1. The molecule has 1 aromatic carbocycles. The Balaban J connectivity index is 1.99. The van der Waals surface area contributed by atoms with Crippen LogP contribution in [0.4, 0.5) is 0 Å². The standard InChI is InChI=1S/C19H31N3O/c1-4-22(5-2)18(16-9-7-6-8-10-16)14-21-19(23)17-11-12-20-15(3)13-17/h6-10,15,17-18,20H,4-5,11-14H2,1-3H3,(H,21,23)/t15-,17-,18?/m0/s1. The maximum absolute atomic E-state index is 12.5. The van der Waals surface area contributed by atoms with E-state index in [1.807, 2.05) is 6.07 Å². The van der Waals surface area contributed by atoms with Crippen LogP contribution in [-0.4, -0.2) is 43.0 Å². The smallest absolute Gasteiger partial charge is 0.223 e. The topological polar surface area (TPSA) is 44.4 Å². The molecule has 4 nitrogen and oxygen atoms in total. The maximum Gasteiger partial charge on any atom is 0.223 e. The van der Waals surface area contributed by atoms with Crippen molar-refractivity contribution >= 4 is 5.91 Å². The summed E-state index contributed by atoms with van der Waals surface area (Å²) >= 11 is 0. The van der Waals surface area contributed by atoms with Crippen LogP contribution >= 0.6 is 0 Å². The average Bonchev–Trinajstić information content (AvgIpc) is 2.59. The molecule has 1 heterocycles. The molecule has 4 heteroatoms. The van der Waals surface area contributed by atoms with Crippen LogP contribution in [0.2, 0.25) is 0 Å². The highest BCUT2D eigenvalue weighted by molar-refractivity contribution is 5.78. The largest absolute Gasteiger partial charge is 0.354 e. The minimum atomic E-state index is 0.152. The number of rotatable bonds is 7. The van der Waals surface area contributed by atoms with Crippen LogP contribution in [0.3, 0.4) is 0 Å². The van der Waals surface area contributed by atoms with Crippen molar-refractivity contribution in [1.29, 1.82) is 0 Å². The molecule has 128 valence electrons. The summed E-state index contributed by atoms with van der Waals surface area (Å²) in [5, 5.41) is 6.62. The van der Waals surface area contributed by atoms with Crippen molar-refractivity contribution in [2.45, 2.75) is 45.7 Å². The number of carbonyl (C=O) groups is 1. The van der Waals surface area contributed by atoms with Gasteiger partial charge in [-0.25, -0.2) is 0 Å². The SMILES string of the molecule is CCN(CC)C(CNC(=O)[C@H]1CCN[C@@H](C)C1)c1ccccc1. The number of hydrogen-bond acceptors (Lipinski definition) is 3. The van der Waals surface area contributed by atoms with Crippen LogP contribution in [0.25, 0.3) is 0 Å². The Kier molecular flexibility index (Phi) is 7.06. The van der Waals surface area contributed by atoms with Gasteiger partial charge in [0, 0.05) is 18.5 Å². The zero-order valence-electron chi connectivity index (χ0n) is 14.7. The second-order valence-corrected chi connectivity index (χ2v) is 6.47. The fraction of sp³-hybridized carbons (Fsp3) is 0.632. The maximum atomic E-state index is 12.5. The van der Waals surface area contributed by atoms with Crippen LogP contribution in [0.5, 0.6) is 0 Å². The molecule has 1 saturated heterocycles. The van der Waals surface area contributed by atoms with Gasteiger partial charge in [-0.1, -0.05) is 44.2 Å². The van der Waals surface area contributed by atoms with E-state index in [9.17, 15) is 4.79 Å². The highest BCUT2D eigenvalue weighted by Gasteiger charge is 2.26. The summed E-state index contributed by atoms with van der Waals surface area (Å²) in [5.41, 5.74) is 1.27. The number of hydrogen-bond donors (Lipinski definition) is 2. The first kappa shape index (κ1) is 18.0. The number of carbonyl (C=O) groups excluding carboxylic acids is 1. The van der Waals surface area contributed by atoms with Gasteiger partial charge in [0.1, 0.15) is 0 Å². The zero-order chi connectivity index (χ0) is 16.7. The highest BCUT2D eigenvalue weighted by atomic mass is 16.1. The molecule has 0 bridgehead atoms. The molecule has 1 aliphatic heterocycles. The van der Waals surface area contributed by atoms with E-state index >= 15 is 0 Å². The number of likely N-dealkylation sites (N-methyl/N-ethyl adjacent to an activating group) is 1. The van der Waals surface area contributed by atoms with Crippen LogP contribution in [0, 0.1) is 5.92 Å². The van der Waals surface area contributed by atoms with Gasteiger partial charge >= 0.3 is 0 Å². The first-order valence-corrected chi connectivity index (χ1v) is 8.95. The molecule has 23 heavy (non-hydrogen) atoms. The molecule has 1 aromatic rings. The van der Waals surface area contributed by atoms with Crippen molar-refractivity contribution in [3.63, 3.8) is 0 Å². The fourth-order valence-corrected chi connectivity index (χ4v) is 3.51. The lowest BCUT2D eigenvalue weighted by molar-refractivity contribution is -0.126. The first-order valence-electron chi connectivity index (χ1n) is 8.95. The molecular formula is C19H31N3O. The van der Waals surface area contributed by atoms with Gasteiger partial charge in [0.25, 0.3) is 0 Å². The quantitative estimate of drug-likeness (QED) is 0.812. The monoisotopic (exact) mass is 317 g/mol. The van der Waals surface area contributed by atoms with Crippen molar-refractivity contribution < 1.29 is 4.79 Å². The van der Waals surface area contributed by atoms with Crippen LogP contribution in [0.15, 0.2) is 30.3 Å². The Morgan fingerprint density at radius 3 is 2.61 bits per heavy atom. The van der Waals surface area contributed by atoms with E-state index in [1.165, 1.54) is 5.56 Å². The van der Waals surface area contributed by atoms with E-state index in [2.05, 4.69) is 60.6 Å². The third-order valence-electron chi connectivity index (χ3n) is 4.90. The van der Waals surface area contributed by atoms with Crippen LogP contribution in [0.1, 0.15) is 45.2 Å². The summed E-state index contributed by atoms with van der Waals surface area (Å²) in [5.74, 6) is 0.366. The van der Waals surface area contributed by atoms with Gasteiger partial charge in [0.15, 0.2) is 0 Å².